The number of nitrogens with zero attached hydrogens (tertiary/aromatic N) is 1. The Labute approximate surface area is 96.0 Å². The van der Waals surface area contributed by atoms with Crippen molar-refractivity contribution in [2.75, 3.05) is 6.79 Å². The molecule has 1 aliphatic heterocycles. The zero-order valence-corrected chi connectivity index (χ0v) is 8.82. The molecule has 0 bridgehead atoms. The maximum Gasteiger partial charge on any atom is 0.332 e. The molecule has 84 valence electrons. The van der Waals surface area contributed by atoms with Crippen molar-refractivity contribution in [3.8, 4) is 11.5 Å². The Bertz CT molecular complexity index is 462. The van der Waals surface area contributed by atoms with Crippen molar-refractivity contribution in [2.24, 2.45) is 10.8 Å². The molecule has 6 nitrogen and oxygen atoms in total. The van der Waals surface area contributed by atoms with Gasteiger partial charge >= 0.3 is 6.03 Å². The molecular formula is C9H8ClN3O3. The second-order valence-electron chi connectivity index (χ2n) is 2.97. The number of carbonyl (C=O) groups excluding carboxylic acids is 1. The van der Waals surface area contributed by atoms with E-state index in [0.717, 1.165) is 0 Å². The Hall–Kier alpha value is -1.95. The van der Waals surface area contributed by atoms with Crippen LogP contribution in [0.4, 0.5) is 4.79 Å². The number of fused-ring (bicyclic) bond motifs is 1. The predicted molar refractivity (Wildman–Crippen MR) is 57.9 cm³/mol. The number of benzene rings is 1. The van der Waals surface area contributed by atoms with Crippen molar-refractivity contribution >= 4 is 23.8 Å². The Balaban J connectivity index is 2.20. The van der Waals surface area contributed by atoms with Crippen LogP contribution in [0.5, 0.6) is 11.5 Å². The third kappa shape index (κ3) is 2.17. The Morgan fingerprint density at radius 2 is 2.38 bits per heavy atom. The summed E-state index contributed by atoms with van der Waals surface area (Å²) in [4.78, 5) is 10.4. The van der Waals surface area contributed by atoms with Gasteiger partial charge in [0.1, 0.15) is 0 Å². The number of amides is 2. The fraction of sp³-hybridized carbons (Fsp3) is 0.111. The van der Waals surface area contributed by atoms with Crippen LogP contribution < -0.4 is 20.6 Å². The minimum absolute atomic E-state index is 0.148. The van der Waals surface area contributed by atoms with Crippen LogP contribution in [-0.4, -0.2) is 19.0 Å². The summed E-state index contributed by atoms with van der Waals surface area (Å²) in [5.41, 5.74) is 7.59. The van der Waals surface area contributed by atoms with Gasteiger partial charge in [-0.1, -0.05) is 11.6 Å². The van der Waals surface area contributed by atoms with Crippen LogP contribution in [0.15, 0.2) is 17.2 Å². The first-order valence-electron chi connectivity index (χ1n) is 4.34. The molecule has 0 fully saturated rings. The van der Waals surface area contributed by atoms with Crippen LogP contribution >= 0.6 is 11.6 Å². The Morgan fingerprint density at radius 3 is 3.12 bits per heavy atom. The van der Waals surface area contributed by atoms with Gasteiger partial charge in [-0.2, -0.15) is 5.10 Å². The van der Waals surface area contributed by atoms with Crippen LogP contribution in [-0.2, 0) is 0 Å². The molecule has 1 aromatic carbocycles. The van der Waals surface area contributed by atoms with Gasteiger partial charge < -0.3 is 15.2 Å². The van der Waals surface area contributed by atoms with E-state index in [9.17, 15) is 4.79 Å². The van der Waals surface area contributed by atoms with Gasteiger partial charge in [-0.15, -0.1) is 0 Å². The number of carbonyl (C=O) groups is 1. The molecule has 7 heteroatoms. The summed E-state index contributed by atoms with van der Waals surface area (Å²) in [7, 11) is 0. The molecule has 0 saturated heterocycles. The van der Waals surface area contributed by atoms with Crippen molar-refractivity contribution < 1.29 is 14.3 Å². The largest absolute Gasteiger partial charge is 0.454 e. The van der Waals surface area contributed by atoms with Crippen molar-refractivity contribution in [3.05, 3.63) is 22.7 Å². The zero-order valence-electron chi connectivity index (χ0n) is 8.07. The van der Waals surface area contributed by atoms with Crippen molar-refractivity contribution in [1.82, 2.24) is 5.43 Å². The van der Waals surface area contributed by atoms with Crippen LogP contribution in [0.2, 0.25) is 5.02 Å². The van der Waals surface area contributed by atoms with Crippen LogP contribution in [0.3, 0.4) is 0 Å². The first kappa shape index (κ1) is 10.6. The molecule has 0 spiro atoms. The van der Waals surface area contributed by atoms with Gasteiger partial charge in [0.25, 0.3) is 0 Å². The summed E-state index contributed by atoms with van der Waals surface area (Å²) in [6, 6.07) is 2.60. The van der Waals surface area contributed by atoms with Crippen LogP contribution in [0, 0.1) is 0 Å². The first-order chi connectivity index (χ1) is 7.66. The van der Waals surface area contributed by atoms with E-state index >= 15 is 0 Å². The maximum atomic E-state index is 10.4. The van der Waals surface area contributed by atoms with Gasteiger partial charge in [-0.05, 0) is 17.7 Å². The van der Waals surface area contributed by atoms with E-state index in [1.807, 2.05) is 0 Å². The van der Waals surface area contributed by atoms with Crippen LogP contribution in [0.1, 0.15) is 5.56 Å². The highest BCUT2D eigenvalue weighted by Gasteiger charge is 2.17. The monoisotopic (exact) mass is 241 g/mol. The highest BCUT2D eigenvalue weighted by atomic mass is 35.5. The number of ether oxygens (including phenoxy) is 2. The zero-order chi connectivity index (χ0) is 11.5. The Kier molecular flexibility index (Phi) is 2.82. The van der Waals surface area contributed by atoms with E-state index in [1.54, 1.807) is 12.1 Å². The minimum Gasteiger partial charge on any atom is -0.454 e. The number of primary amides is 1. The highest BCUT2D eigenvalue weighted by Crippen LogP contribution is 2.39. The van der Waals surface area contributed by atoms with Gasteiger partial charge in [0, 0.05) is 0 Å². The van der Waals surface area contributed by atoms with Gasteiger partial charge in [0.2, 0.25) is 6.79 Å². The number of rotatable bonds is 2. The van der Waals surface area contributed by atoms with Gasteiger partial charge in [-0.25, -0.2) is 10.2 Å². The normalized spacial score (nSPS) is 13.1. The lowest BCUT2D eigenvalue weighted by Crippen LogP contribution is -2.24. The number of nitrogens with two attached hydrogens (primary N) is 1. The molecule has 2 amide bonds. The number of hydrogen-bond donors (Lipinski definition) is 2. The van der Waals surface area contributed by atoms with Crippen LogP contribution in [0.25, 0.3) is 0 Å². The average molecular weight is 242 g/mol. The number of hydrazone groups is 1. The lowest BCUT2D eigenvalue weighted by Gasteiger charge is -2.00. The SMILES string of the molecule is NC(=O)N/N=C\c1cc(Cl)c2c(c1)OCO2. The lowest BCUT2D eigenvalue weighted by atomic mass is 10.2. The second-order valence-corrected chi connectivity index (χ2v) is 3.38. The molecule has 0 saturated carbocycles. The Morgan fingerprint density at radius 1 is 1.56 bits per heavy atom. The fourth-order valence-electron chi connectivity index (χ4n) is 1.23. The van der Waals surface area contributed by atoms with Crippen molar-refractivity contribution in [3.63, 3.8) is 0 Å². The van der Waals surface area contributed by atoms with Crippen molar-refractivity contribution in [1.29, 1.82) is 0 Å². The van der Waals surface area contributed by atoms with Gasteiger partial charge in [0.05, 0.1) is 11.2 Å². The maximum absolute atomic E-state index is 10.4. The summed E-state index contributed by atoms with van der Waals surface area (Å²) < 4.78 is 10.3. The summed E-state index contributed by atoms with van der Waals surface area (Å²) in [6.45, 7) is 0.148. The summed E-state index contributed by atoms with van der Waals surface area (Å²) in [5, 5.41) is 4.03. The van der Waals surface area contributed by atoms with Gasteiger partial charge in [-0.3, -0.25) is 0 Å². The van der Waals surface area contributed by atoms with E-state index in [2.05, 4.69) is 10.5 Å². The smallest absolute Gasteiger partial charge is 0.332 e. The molecule has 1 aliphatic rings. The molecule has 0 radical (unpaired) electrons. The fourth-order valence-corrected chi connectivity index (χ4v) is 1.51. The summed E-state index contributed by atoms with van der Waals surface area (Å²) in [6.07, 6.45) is 1.40. The van der Waals surface area contributed by atoms with E-state index in [0.29, 0.717) is 22.1 Å². The molecule has 0 aliphatic carbocycles. The van der Waals surface area contributed by atoms with Crippen molar-refractivity contribution in [2.45, 2.75) is 0 Å². The third-order valence-electron chi connectivity index (χ3n) is 1.84. The molecule has 1 heterocycles. The molecule has 2 rings (SSSR count). The molecule has 3 N–H and O–H groups in total. The lowest BCUT2D eigenvalue weighted by molar-refractivity contribution is 0.174. The average Bonchev–Trinajstić information content (AvgIpc) is 2.65. The molecule has 1 aromatic rings. The minimum atomic E-state index is -0.733. The standard InChI is InChI=1S/C9H8ClN3O3/c10-6-1-5(3-12-13-9(11)14)2-7-8(6)16-4-15-7/h1-3H,4H2,(H3,11,13,14)/b12-3-. The van der Waals surface area contributed by atoms with E-state index in [1.165, 1.54) is 6.21 Å². The molecule has 0 atom stereocenters. The molecule has 16 heavy (non-hydrogen) atoms. The number of nitrogens with one attached hydrogen (secondary N) is 1. The van der Waals surface area contributed by atoms with E-state index in [4.69, 9.17) is 26.8 Å². The topological polar surface area (TPSA) is 85.9 Å². The number of hydrogen-bond acceptors (Lipinski definition) is 4. The molecular weight excluding hydrogens is 234 g/mol. The summed E-state index contributed by atoms with van der Waals surface area (Å²) in [5.74, 6) is 1.06. The molecule has 0 aromatic heterocycles. The molecule has 0 unspecified atom stereocenters. The summed E-state index contributed by atoms with van der Waals surface area (Å²) >= 11 is 5.94. The number of urea groups is 1. The van der Waals surface area contributed by atoms with Gasteiger partial charge in [0.15, 0.2) is 11.5 Å². The quantitative estimate of drug-likeness (QED) is 0.600. The highest BCUT2D eigenvalue weighted by molar-refractivity contribution is 6.32. The predicted octanol–water partition coefficient (Wildman–Crippen LogP) is 1.07. The second kappa shape index (κ2) is 4.28. The number of halogens is 1. The first-order valence-corrected chi connectivity index (χ1v) is 4.72. The van der Waals surface area contributed by atoms with E-state index in [-0.39, 0.29) is 6.79 Å². The third-order valence-corrected chi connectivity index (χ3v) is 2.12. The van der Waals surface area contributed by atoms with E-state index < -0.39 is 6.03 Å².